The van der Waals surface area contributed by atoms with Crippen molar-refractivity contribution < 1.29 is 14.3 Å². The lowest BCUT2D eigenvalue weighted by Crippen LogP contribution is -2.38. The Bertz CT molecular complexity index is 817. The Labute approximate surface area is 146 Å². The molecule has 0 unspecified atom stereocenters. The Morgan fingerprint density at radius 2 is 1.92 bits per heavy atom. The average Bonchev–Trinajstić information content (AvgIpc) is 2.65. The van der Waals surface area contributed by atoms with E-state index in [2.05, 4.69) is 0 Å². The maximum atomic E-state index is 13.0. The lowest BCUT2D eigenvalue weighted by molar-refractivity contribution is 0.0827. The molecule has 1 aliphatic rings. The van der Waals surface area contributed by atoms with Crippen LogP contribution in [0.5, 0.6) is 5.75 Å². The minimum atomic E-state index is -0.160. The van der Waals surface area contributed by atoms with Crippen molar-refractivity contribution in [3.63, 3.8) is 0 Å². The van der Waals surface area contributed by atoms with Gasteiger partial charge >= 0.3 is 0 Å². The first-order chi connectivity index (χ1) is 12.0. The summed E-state index contributed by atoms with van der Waals surface area (Å²) in [6.45, 7) is 1.27. The van der Waals surface area contributed by atoms with Crippen molar-refractivity contribution in [2.45, 2.75) is 6.54 Å². The number of anilines is 1. The molecule has 2 aromatic rings. The number of carbonyl (C=O) groups is 2. The molecule has 1 aliphatic heterocycles. The van der Waals surface area contributed by atoms with Crippen LogP contribution in [0.4, 0.5) is 5.69 Å². The number of carbonyl (C=O) groups excluding carboxylic acids is 2. The Balaban J connectivity index is 1.95. The summed E-state index contributed by atoms with van der Waals surface area (Å²) in [5.74, 6) is 0.367. The fourth-order valence-electron chi connectivity index (χ4n) is 2.80. The van der Waals surface area contributed by atoms with Crippen LogP contribution < -0.4 is 15.4 Å². The van der Waals surface area contributed by atoms with E-state index in [0.717, 1.165) is 5.56 Å². The third kappa shape index (κ3) is 3.34. The number of rotatable bonds is 3. The molecule has 0 saturated carbocycles. The highest BCUT2D eigenvalue weighted by atomic mass is 16.5. The van der Waals surface area contributed by atoms with Crippen molar-refractivity contribution in [3.8, 4) is 5.75 Å². The fraction of sp³-hybridized carbons (Fsp3) is 0.263. The van der Waals surface area contributed by atoms with E-state index in [-0.39, 0.29) is 11.8 Å². The summed E-state index contributed by atoms with van der Waals surface area (Å²) in [4.78, 5) is 28.3. The van der Waals surface area contributed by atoms with Crippen LogP contribution in [0.1, 0.15) is 26.3 Å². The number of hydrogen-bond acceptors (Lipinski definition) is 4. The van der Waals surface area contributed by atoms with E-state index in [9.17, 15) is 9.59 Å². The van der Waals surface area contributed by atoms with Crippen LogP contribution in [-0.4, -0.2) is 44.0 Å². The van der Waals surface area contributed by atoms with Crippen LogP contribution in [0.25, 0.3) is 0 Å². The molecule has 6 heteroatoms. The topological polar surface area (TPSA) is 75.9 Å². The number of nitrogens with zero attached hydrogens (tertiary/aromatic N) is 2. The highest BCUT2D eigenvalue weighted by Crippen LogP contribution is 2.33. The summed E-state index contributed by atoms with van der Waals surface area (Å²) >= 11 is 0. The van der Waals surface area contributed by atoms with E-state index in [0.29, 0.717) is 42.3 Å². The zero-order chi connectivity index (χ0) is 18.0. The molecular formula is C19H21N3O3. The van der Waals surface area contributed by atoms with Crippen LogP contribution in [0.15, 0.2) is 42.5 Å². The predicted molar refractivity (Wildman–Crippen MR) is 96.0 cm³/mol. The Kier molecular flexibility index (Phi) is 4.72. The largest absolute Gasteiger partial charge is 0.490 e. The summed E-state index contributed by atoms with van der Waals surface area (Å²) in [5, 5.41) is 0. The highest BCUT2D eigenvalue weighted by molar-refractivity contribution is 6.08. The lowest BCUT2D eigenvalue weighted by atomic mass is 10.1. The van der Waals surface area contributed by atoms with Crippen LogP contribution in [-0.2, 0) is 6.54 Å². The van der Waals surface area contributed by atoms with Crippen molar-refractivity contribution in [1.29, 1.82) is 0 Å². The van der Waals surface area contributed by atoms with Crippen LogP contribution in [0.2, 0.25) is 0 Å². The first-order valence-corrected chi connectivity index (χ1v) is 8.10. The second kappa shape index (κ2) is 6.94. The molecule has 0 fully saturated rings. The molecule has 0 aliphatic carbocycles. The van der Waals surface area contributed by atoms with E-state index in [4.69, 9.17) is 10.5 Å². The van der Waals surface area contributed by atoms with E-state index in [1.165, 1.54) is 4.90 Å². The number of nitrogens with two attached hydrogens (primary N) is 1. The lowest BCUT2D eigenvalue weighted by Gasteiger charge is -2.30. The second-order valence-electron chi connectivity index (χ2n) is 6.09. The van der Waals surface area contributed by atoms with Gasteiger partial charge in [-0.1, -0.05) is 12.1 Å². The summed E-state index contributed by atoms with van der Waals surface area (Å²) in [6.07, 6.45) is 0. The van der Waals surface area contributed by atoms with Gasteiger partial charge in [0.05, 0.1) is 12.2 Å². The zero-order valence-electron chi connectivity index (χ0n) is 14.4. The molecule has 2 amide bonds. The SMILES string of the molecule is CN(C)C(=O)c1cccc(C(=O)N2CCOc3ccc(CN)cc32)c1. The molecule has 130 valence electrons. The number of benzene rings is 2. The minimum Gasteiger partial charge on any atom is -0.490 e. The van der Waals surface area contributed by atoms with Crippen LogP contribution >= 0.6 is 0 Å². The maximum absolute atomic E-state index is 13.0. The molecule has 0 atom stereocenters. The normalized spacial score (nSPS) is 13.0. The van der Waals surface area contributed by atoms with Crippen molar-refractivity contribution in [2.75, 3.05) is 32.1 Å². The maximum Gasteiger partial charge on any atom is 0.258 e. The summed E-state index contributed by atoms with van der Waals surface area (Å²) in [7, 11) is 3.37. The smallest absolute Gasteiger partial charge is 0.258 e. The molecule has 0 bridgehead atoms. The van der Waals surface area contributed by atoms with Gasteiger partial charge in [-0.3, -0.25) is 9.59 Å². The van der Waals surface area contributed by atoms with Crippen molar-refractivity contribution in [3.05, 3.63) is 59.2 Å². The van der Waals surface area contributed by atoms with Gasteiger partial charge in [0.25, 0.3) is 11.8 Å². The summed E-state index contributed by atoms with van der Waals surface area (Å²) in [5.41, 5.74) is 8.31. The minimum absolute atomic E-state index is 0.137. The summed E-state index contributed by atoms with van der Waals surface area (Å²) < 4.78 is 5.64. The number of ether oxygens (including phenoxy) is 1. The second-order valence-corrected chi connectivity index (χ2v) is 6.09. The van der Waals surface area contributed by atoms with Gasteiger partial charge in [-0.25, -0.2) is 0 Å². The van der Waals surface area contributed by atoms with Gasteiger partial charge in [0.15, 0.2) is 0 Å². The van der Waals surface area contributed by atoms with Crippen molar-refractivity contribution >= 4 is 17.5 Å². The Morgan fingerprint density at radius 3 is 2.64 bits per heavy atom. The molecule has 2 aromatic carbocycles. The molecule has 0 saturated heterocycles. The van der Waals surface area contributed by atoms with E-state index < -0.39 is 0 Å². The fourth-order valence-corrected chi connectivity index (χ4v) is 2.80. The third-order valence-corrected chi connectivity index (χ3v) is 4.13. The van der Waals surface area contributed by atoms with E-state index >= 15 is 0 Å². The zero-order valence-corrected chi connectivity index (χ0v) is 14.4. The first kappa shape index (κ1) is 17.0. The molecule has 0 spiro atoms. The molecular weight excluding hydrogens is 318 g/mol. The molecule has 3 rings (SSSR count). The standard InChI is InChI=1S/C19H21N3O3/c1-21(2)18(23)14-4-3-5-15(11-14)19(24)22-8-9-25-17-7-6-13(12-20)10-16(17)22/h3-7,10-11H,8-9,12,20H2,1-2H3. The van der Waals surface area contributed by atoms with Gasteiger partial charge in [0.2, 0.25) is 0 Å². The number of amides is 2. The Morgan fingerprint density at radius 1 is 1.16 bits per heavy atom. The monoisotopic (exact) mass is 339 g/mol. The molecule has 0 aromatic heterocycles. The molecule has 25 heavy (non-hydrogen) atoms. The van der Waals surface area contributed by atoms with E-state index in [1.807, 2.05) is 18.2 Å². The number of fused-ring (bicyclic) bond motifs is 1. The average molecular weight is 339 g/mol. The quantitative estimate of drug-likeness (QED) is 0.926. The molecule has 1 heterocycles. The molecule has 0 radical (unpaired) electrons. The summed E-state index contributed by atoms with van der Waals surface area (Å²) in [6, 6.07) is 12.4. The van der Waals surface area contributed by atoms with Crippen LogP contribution in [0, 0.1) is 0 Å². The molecule has 2 N–H and O–H groups in total. The van der Waals surface area contributed by atoms with Gasteiger partial charge in [-0.15, -0.1) is 0 Å². The Hall–Kier alpha value is -2.86. The van der Waals surface area contributed by atoms with Crippen molar-refractivity contribution in [2.24, 2.45) is 5.73 Å². The third-order valence-electron chi connectivity index (χ3n) is 4.13. The number of hydrogen-bond donors (Lipinski definition) is 1. The highest BCUT2D eigenvalue weighted by Gasteiger charge is 2.25. The predicted octanol–water partition coefficient (Wildman–Crippen LogP) is 1.89. The molecule has 6 nitrogen and oxygen atoms in total. The van der Waals surface area contributed by atoms with Gasteiger partial charge in [0.1, 0.15) is 12.4 Å². The first-order valence-electron chi connectivity index (χ1n) is 8.10. The van der Waals surface area contributed by atoms with Crippen molar-refractivity contribution in [1.82, 2.24) is 4.90 Å². The van der Waals surface area contributed by atoms with Gasteiger partial charge in [-0.2, -0.15) is 0 Å². The van der Waals surface area contributed by atoms with Gasteiger partial charge in [-0.05, 0) is 35.9 Å². The van der Waals surface area contributed by atoms with Gasteiger partial charge in [0, 0.05) is 31.8 Å². The van der Waals surface area contributed by atoms with E-state index in [1.54, 1.807) is 43.3 Å². The van der Waals surface area contributed by atoms with Crippen LogP contribution in [0.3, 0.4) is 0 Å². The van der Waals surface area contributed by atoms with Gasteiger partial charge < -0.3 is 20.3 Å².